The largest absolute Gasteiger partial charge is 0.409 e. The summed E-state index contributed by atoms with van der Waals surface area (Å²) in [5.41, 5.74) is 6.54. The van der Waals surface area contributed by atoms with Gasteiger partial charge in [0, 0.05) is 11.8 Å². The highest BCUT2D eigenvalue weighted by atomic mass is 35.5. The van der Waals surface area contributed by atoms with Crippen molar-refractivity contribution < 1.29 is 5.21 Å². The van der Waals surface area contributed by atoms with E-state index in [-0.39, 0.29) is 5.84 Å². The van der Waals surface area contributed by atoms with Gasteiger partial charge in [-0.05, 0) is 13.0 Å². The highest BCUT2D eigenvalue weighted by molar-refractivity contribution is 6.31. The van der Waals surface area contributed by atoms with Crippen LogP contribution in [0.2, 0.25) is 5.02 Å². The van der Waals surface area contributed by atoms with Crippen molar-refractivity contribution >= 4 is 17.4 Å². The van der Waals surface area contributed by atoms with E-state index in [4.69, 9.17) is 22.5 Å². The van der Waals surface area contributed by atoms with Crippen LogP contribution in [0.5, 0.6) is 0 Å². The third-order valence-corrected chi connectivity index (χ3v) is 1.81. The lowest BCUT2D eigenvalue weighted by Gasteiger charge is -2.00. The topological polar surface area (TPSA) is 71.5 Å². The van der Waals surface area contributed by atoms with Gasteiger partial charge in [0.2, 0.25) is 0 Å². The summed E-state index contributed by atoms with van der Waals surface area (Å²) in [5, 5.41) is 11.7. The van der Waals surface area contributed by atoms with Crippen LogP contribution in [-0.4, -0.2) is 16.0 Å². The van der Waals surface area contributed by atoms with Crippen LogP contribution in [0, 0.1) is 6.92 Å². The predicted octanol–water partition coefficient (Wildman–Crippen LogP) is 1.14. The fraction of sp³-hybridized carbons (Fsp3) is 0.143. The van der Waals surface area contributed by atoms with E-state index in [9.17, 15) is 0 Å². The molecule has 12 heavy (non-hydrogen) atoms. The Morgan fingerprint density at radius 2 is 2.42 bits per heavy atom. The second-order valence-electron chi connectivity index (χ2n) is 2.28. The maximum atomic E-state index is 8.34. The number of nitrogens with two attached hydrogens (primary N) is 1. The molecule has 0 aromatic carbocycles. The van der Waals surface area contributed by atoms with Crippen molar-refractivity contribution in [1.82, 2.24) is 4.98 Å². The highest BCUT2D eigenvalue weighted by Crippen LogP contribution is 2.13. The normalized spacial score (nSPS) is 11.7. The van der Waals surface area contributed by atoms with Gasteiger partial charge in [-0.25, -0.2) is 0 Å². The van der Waals surface area contributed by atoms with Crippen molar-refractivity contribution in [3.8, 4) is 0 Å². The first kappa shape index (κ1) is 8.80. The summed E-state index contributed by atoms with van der Waals surface area (Å²) >= 11 is 5.76. The maximum Gasteiger partial charge on any atom is 0.171 e. The fourth-order valence-corrected chi connectivity index (χ4v) is 0.870. The molecule has 1 rings (SSSR count). The summed E-state index contributed by atoms with van der Waals surface area (Å²) in [6, 6.07) is 1.60. The van der Waals surface area contributed by atoms with Gasteiger partial charge in [-0.3, -0.25) is 4.98 Å². The average molecular weight is 186 g/mol. The monoisotopic (exact) mass is 185 g/mol. The third kappa shape index (κ3) is 1.65. The number of hydrogen-bond acceptors (Lipinski definition) is 3. The van der Waals surface area contributed by atoms with Gasteiger partial charge in [0.05, 0.1) is 10.7 Å². The molecule has 0 fully saturated rings. The third-order valence-electron chi connectivity index (χ3n) is 1.43. The van der Waals surface area contributed by atoms with Crippen molar-refractivity contribution in [2.45, 2.75) is 6.92 Å². The second kappa shape index (κ2) is 3.40. The number of amidine groups is 1. The SMILES string of the molecule is Cc1ncc(/C(N)=N\O)cc1Cl. The molecule has 0 spiro atoms. The molecule has 0 atom stereocenters. The minimum atomic E-state index is 0.00407. The molecule has 0 radical (unpaired) electrons. The van der Waals surface area contributed by atoms with E-state index in [1.54, 1.807) is 13.0 Å². The molecule has 5 heteroatoms. The molecule has 0 aliphatic rings. The summed E-state index contributed by atoms with van der Waals surface area (Å²) in [5.74, 6) is 0.00407. The van der Waals surface area contributed by atoms with Crippen LogP contribution >= 0.6 is 11.6 Å². The number of oxime groups is 1. The zero-order valence-corrected chi connectivity index (χ0v) is 7.21. The molecule has 3 N–H and O–H groups in total. The number of aryl methyl sites for hydroxylation is 1. The van der Waals surface area contributed by atoms with Gasteiger partial charge in [-0.15, -0.1) is 0 Å². The van der Waals surface area contributed by atoms with Crippen molar-refractivity contribution in [3.63, 3.8) is 0 Å². The lowest BCUT2D eigenvalue weighted by molar-refractivity contribution is 0.318. The predicted molar refractivity (Wildman–Crippen MR) is 46.5 cm³/mol. The Labute approximate surface area is 74.7 Å². The summed E-state index contributed by atoms with van der Waals surface area (Å²) in [6.45, 7) is 1.78. The standard InChI is InChI=1S/C7H8ClN3O/c1-4-6(8)2-5(3-10-4)7(9)11-12/h2-3,12H,1H3,(H2,9,11). The van der Waals surface area contributed by atoms with Gasteiger partial charge >= 0.3 is 0 Å². The van der Waals surface area contributed by atoms with E-state index in [0.717, 1.165) is 0 Å². The minimum Gasteiger partial charge on any atom is -0.409 e. The molecule has 4 nitrogen and oxygen atoms in total. The Morgan fingerprint density at radius 3 is 2.92 bits per heavy atom. The number of rotatable bonds is 1. The number of aromatic nitrogens is 1. The molecule has 0 saturated heterocycles. The van der Waals surface area contributed by atoms with Gasteiger partial charge in [0.1, 0.15) is 0 Å². The van der Waals surface area contributed by atoms with Crippen molar-refractivity contribution in [1.29, 1.82) is 0 Å². The van der Waals surface area contributed by atoms with E-state index in [2.05, 4.69) is 10.1 Å². The smallest absolute Gasteiger partial charge is 0.171 e. The van der Waals surface area contributed by atoms with Crippen LogP contribution in [0.1, 0.15) is 11.3 Å². The van der Waals surface area contributed by atoms with Crippen LogP contribution in [0.4, 0.5) is 0 Å². The van der Waals surface area contributed by atoms with Crippen LogP contribution in [0.15, 0.2) is 17.4 Å². The quantitative estimate of drug-likeness (QED) is 0.298. The maximum absolute atomic E-state index is 8.34. The second-order valence-corrected chi connectivity index (χ2v) is 2.68. The summed E-state index contributed by atoms with van der Waals surface area (Å²) in [4.78, 5) is 3.94. The molecule has 0 amide bonds. The molecule has 1 aromatic rings. The van der Waals surface area contributed by atoms with Gasteiger partial charge in [-0.2, -0.15) is 0 Å². The Kier molecular flexibility index (Phi) is 2.50. The number of pyridine rings is 1. The van der Waals surface area contributed by atoms with Gasteiger partial charge in [0.25, 0.3) is 0 Å². The Bertz CT molecular complexity index is 324. The molecule has 0 aliphatic carbocycles. The molecular formula is C7H8ClN3O. The average Bonchev–Trinajstić information content (AvgIpc) is 2.08. The first-order valence-electron chi connectivity index (χ1n) is 3.25. The van der Waals surface area contributed by atoms with Crippen LogP contribution < -0.4 is 5.73 Å². The molecule has 0 saturated carbocycles. The van der Waals surface area contributed by atoms with E-state index in [1.165, 1.54) is 6.20 Å². The summed E-state index contributed by atoms with van der Waals surface area (Å²) < 4.78 is 0. The fourth-order valence-electron chi connectivity index (χ4n) is 0.704. The lowest BCUT2D eigenvalue weighted by Crippen LogP contribution is -2.13. The van der Waals surface area contributed by atoms with E-state index < -0.39 is 0 Å². The number of nitrogens with zero attached hydrogens (tertiary/aromatic N) is 2. The van der Waals surface area contributed by atoms with Gasteiger partial charge < -0.3 is 10.9 Å². The lowest BCUT2D eigenvalue weighted by atomic mass is 10.2. The van der Waals surface area contributed by atoms with Gasteiger partial charge in [0.15, 0.2) is 5.84 Å². The Balaban J connectivity index is 3.13. The van der Waals surface area contributed by atoms with Crippen LogP contribution in [-0.2, 0) is 0 Å². The van der Waals surface area contributed by atoms with Gasteiger partial charge in [-0.1, -0.05) is 16.8 Å². The molecule has 1 heterocycles. The summed E-state index contributed by atoms with van der Waals surface area (Å²) in [7, 11) is 0. The molecule has 0 unspecified atom stereocenters. The highest BCUT2D eigenvalue weighted by Gasteiger charge is 2.02. The zero-order chi connectivity index (χ0) is 9.14. The molecule has 0 bridgehead atoms. The zero-order valence-electron chi connectivity index (χ0n) is 6.45. The van der Waals surface area contributed by atoms with Crippen molar-refractivity contribution in [2.75, 3.05) is 0 Å². The Morgan fingerprint density at radius 1 is 1.75 bits per heavy atom. The first-order chi connectivity index (χ1) is 5.65. The molecule has 64 valence electrons. The number of hydrogen-bond donors (Lipinski definition) is 2. The van der Waals surface area contributed by atoms with Crippen LogP contribution in [0.3, 0.4) is 0 Å². The van der Waals surface area contributed by atoms with Crippen molar-refractivity contribution in [2.24, 2.45) is 10.9 Å². The molecule has 1 aromatic heterocycles. The van der Waals surface area contributed by atoms with E-state index in [1.807, 2.05) is 0 Å². The molecular weight excluding hydrogens is 178 g/mol. The van der Waals surface area contributed by atoms with Crippen molar-refractivity contribution in [3.05, 3.63) is 28.5 Å². The summed E-state index contributed by atoms with van der Waals surface area (Å²) in [6.07, 6.45) is 1.50. The Hall–Kier alpha value is -1.29. The molecule has 0 aliphatic heterocycles. The van der Waals surface area contributed by atoms with Crippen LogP contribution in [0.25, 0.3) is 0 Å². The van der Waals surface area contributed by atoms with E-state index in [0.29, 0.717) is 16.3 Å². The first-order valence-corrected chi connectivity index (χ1v) is 3.63. The van der Waals surface area contributed by atoms with E-state index >= 15 is 0 Å². The number of halogens is 1. The minimum absolute atomic E-state index is 0.00407.